The van der Waals surface area contributed by atoms with Crippen LogP contribution in [0.5, 0.6) is 0 Å². The van der Waals surface area contributed by atoms with Gasteiger partial charge in [0.05, 0.1) is 18.1 Å². The van der Waals surface area contributed by atoms with Crippen LogP contribution in [0.1, 0.15) is 27.0 Å². The molecule has 1 aliphatic heterocycles. The Hall–Kier alpha value is -2.26. The molecule has 150 valence electrons. The number of nitrogens with one attached hydrogen (secondary N) is 1. The first-order chi connectivity index (χ1) is 13.3. The van der Waals surface area contributed by atoms with E-state index in [2.05, 4.69) is 22.3 Å². The normalized spacial score (nSPS) is 15.4. The second-order valence-corrected chi connectivity index (χ2v) is 8.47. The number of sulfonamides is 1. The van der Waals surface area contributed by atoms with E-state index in [0.29, 0.717) is 17.7 Å². The highest BCUT2D eigenvalue weighted by Crippen LogP contribution is 2.15. The molecule has 3 rings (SSSR count). The zero-order chi connectivity index (χ0) is 20.1. The van der Waals surface area contributed by atoms with Crippen LogP contribution in [0, 0.1) is 6.92 Å². The van der Waals surface area contributed by atoms with Crippen molar-refractivity contribution < 1.29 is 17.9 Å². The van der Waals surface area contributed by atoms with Crippen LogP contribution in [0.4, 0.5) is 0 Å². The lowest BCUT2D eigenvalue weighted by Crippen LogP contribution is -2.35. The van der Waals surface area contributed by atoms with Gasteiger partial charge in [0.15, 0.2) is 0 Å². The van der Waals surface area contributed by atoms with E-state index in [0.717, 1.165) is 38.4 Å². The van der Waals surface area contributed by atoms with Crippen molar-refractivity contribution in [2.24, 2.45) is 5.14 Å². The highest BCUT2D eigenvalue weighted by Gasteiger charge is 2.15. The monoisotopic (exact) mass is 403 g/mol. The molecule has 1 fully saturated rings. The molecule has 0 aliphatic carbocycles. The SMILES string of the molecule is Cc1ccc(S(N)(=O)=O)cc1C(=O)NCc1ccc(CN2CCOCC2)cc1. The van der Waals surface area contributed by atoms with Crippen LogP contribution in [0.3, 0.4) is 0 Å². The third-order valence-electron chi connectivity index (χ3n) is 4.77. The number of nitrogens with zero attached hydrogens (tertiary/aromatic N) is 1. The molecule has 1 heterocycles. The number of carbonyl (C=O) groups is 1. The lowest BCUT2D eigenvalue weighted by Gasteiger charge is -2.26. The molecule has 7 nitrogen and oxygen atoms in total. The number of carbonyl (C=O) groups excluding carboxylic acids is 1. The molecular formula is C20H25N3O4S. The molecule has 0 unspecified atom stereocenters. The van der Waals surface area contributed by atoms with E-state index in [1.54, 1.807) is 13.0 Å². The summed E-state index contributed by atoms with van der Waals surface area (Å²) in [4.78, 5) is 14.8. The Balaban J connectivity index is 1.60. The summed E-state index contributed by atoms with van der Waals surface area (Å²) in [6.45, 7) is 6.42. The smallest absolute Gasteiger partial charge is 0.251 e. The fourth-order valence-corrected chi connectivity index (χ4v) is 3.62. The number of aryl methyl sites for hydroxylation is 1. The molecule has 0 radical (unpaired) electrons. The van der Waals surface area contributed by atoms with Gasteiger partial charge in [0.25, 0.3) is 5.91 Å². The average Bonchev–Trinajstić information content (AvgIpc) is 2.67. The standard InChI is InChI=1S/C20H25N3O4S/c1-15-2-7-18(28(21,25)26)12-19(15)20(24)22-13-16-3-5-17(6-4-16)14-23-8-10-27-11-9-23/h2-7,12H,8-11,13-14H2,1H3,(H,22,24)(H2,21,25,26). The van der Waals surface area contributed by atoms with Gasteiger partial charge in [-0.1, -0.05) is 30.3 Å². The molecule has 28 heavy (non-hydrogen) atoms. The van der Waals surface area contributed by atoms with E-state index in [4.69, 9.17) is 9.88 Å². The summed E-state index contributed by atoms with van der Waals surface area (Å²) in [5.41, 5.74) is 3.18. The summed E-state index contributed by atoms with van der Waals surface area (Å²) in [6, 6.07) is 12.4. The topological polar surface area (TPSA) is 102 Å². The lowest BCUT2D eigenvalue weighted by atomic mass is 10.1. The maximum Gasteiger partial charge on any atom is 0.251 e. The number of nitrogens with two attached hydrogens (primary N) is 1. The maximum atomic E-state index is 12.5. The third kappa shape index (κ3) is 5.39. The van der Waals surface area contributed by atoms with Gasteiger partial charge in [-0.05, 0) is 35.7 Å². The van der Waals surface area contributed by atoms with Crippen molar-refractivity contribution in [3.05, 3.63) is 64.7 Å². The Morgan fingerprint density at radius 1 is 1.11 bits per heavy atom. The number of primary sulfonamides is 1. The summed E-state index contributed by atoms with van der Waals surface area (Å²) >= 11 is 0. The average molecular weight is 404 g/mol. The van der Waals surface area contributed by atoms with E-state index in [1.165, 1.54) is 17.7 Å². The minimum Gasteiger partial charge on any atom is -0.379 e. The molecule has 1 amide bonds. The van der Waals surface area contributed by atoms with Crippen molar-refractivity contribution >= 4 is 15.9 Å². The molecule has 8 heteroatoms. The highest BCUT2D eigenvalue weighted by atomic mass is 32.2. The Labute approximate surface area is 165 Å². The van der Waals surface area contributed by atoms with Crippen molar-refractivity contribution in [2.75, 3.05) is 26.3 Å². The van der Waals surface area contributed by atoms with Crippen LogP contribution < -0.4 is 10.5 Å². The van der Waals surface area contributed by atoms with Crippen LogP contribution in [-0.2, 0) is 27.8 Å². The largest absolute Gasteiger partial charge is 0.379 e. The van der Waals surface area contributed by atoms with Crippen molar-refractivity contribution in [1.29, 1.82) is 0 Å². The predicted octanol–water partition coefficient (Wildman–Crippen LogP) is 1.40. The summed E-state index contributed by atoms with van der Waals surface area (Å²) in [6.07, 6.45) is 0. The van der Waals surface area contributed by atoms with Gasteiger partial charge in [-0.15, -0.1) is 0 Å². The molecular weight excluding hydrogens is 378 g/mol. The molecule has 0 bridgehead atoms. The van der Waals surface area contributed by atoms with Gasteiger partial charge in [0, 0.05) is 31.7 Å². The van der Waals surface area contributed by atoms with Gasteiger partial charge in [0.2, 0.25) is 10.0 Å². The molecule has 0 atom stereocenters. The maximum absolute atomic E-state index is 12.5. The second-order valence-electron chi connectivity index (χ2n) is 6.91. The number of benzene rings is 2. The molecule has 1 aliphatic rings. The molecule has 1 saturated heterocycles. The zero-order valence-electron chi connectivity index (χ0n) is 15.8. The van der Waals surface area contributed by atoms with Gasteiger partial charge >= 0.3 is 0 Å². The first kappa shape index (κ1) is 20.5. The fraction of sp³-hybridized carbons (Fsp3) is 0.350. The summed E-state index contributed by atoms with van der Waals surface area (Å²) in [5.74, 6) is -0.333. The Morgan fingerprint density at radius 3 is 2.39 bits per heavy atom. The van der Waals surface area contributed by atoms with E-state index < -0.39 is 10.0 Å². The van der Waals surface area contributed by atoms with Crippen LogP contribution in [0.15, 0.2) is 47.4 Å². The van der Waals surface area contributed by atoms with E-state index >= 15 is 0 Å². The van der Waals surface area contributed by atoms with Gasteiger partial charge in [-0.25, -0.2) is 13.6 Å². The summed E-state index contributed by atoms with van der Waals surface area (Å²) < 4.78 is 28.4. The Morgan fingerprint density at radius 2 is 1.75 bits per heavy atom. The quantitative estimate of drug-likeness (QED) is 0.759. The fourth-order valence-electron chi connectivity index (χ4n) is 3.08. The number of ether oxygens (including phenoxy) is 1. The second kappa shape index (κ2) is 8.83. The van der Waals surface area contributed by atoms with Crippen LogP contribution in [0.2, 0.25) is 0 Å². The molecule has 2 aromatic carbocycles. The first-order valence-corrected chi connectivity index (χ1v) is 10.7. The van der Waals surface area contributed by atoms with Crippen molar-refractivity contribution in [2.45, 2.75) is 24.9 Å². The van der Waals surface area contributed by atoms with Crippen LogP contribution in [-0.4, -0.2) is 45.5 Å². The van der Waals surface area contributed by atoms with Crippen molar-refractivity contribution in [1.82, 2.24) is 10.2 Å². The summed E-state index contributed by atoms with van der Waals surface area (Å²) in [5, 5.41) is 7.99. The number of hydrogen-bond donors (Lipinski definition) is 2. The number of rotatable bonds is 6. The van der Waals surface area contributed by atoms with E-state index in [9.17, 15) is 13.2 Å². The number of morpholine rings is 1. The molecule has 0 saturated carbocycles. The van der Waals surface area contributed by atoms with Gasteiger partial charge < -0.3 is 10.1 Å². The molecule has 2 aromatic rings. The third-order valence-corrected chi connectivity index (χ3v) is 5.68. The van der Waals surface area contributed by atoms with Gasteiger partial charge in [-0.2, -0.15) is 0 Å². The molecule has 3 N–H and O–H groups in total. The minimum absolute atomic E-state index is 0.0734. The van der Waals surface area contributed by atoms with Gasteiger partial charge in [0.1, 0.15) is 0 Å². The Kier molecular flexibility index (Phi) is 6.46. The number of hydrogen-bond acceptors (Lipinski definition) is 5. The lowest BCUT2D eigenvalue weighted by molar-refractivity contribution is 0.0342. The first-order valence-electron chi connectivity index (χ1n) is 9.12. The van der Waals surface area contributed by atoms with E-state index in [1.807, 2.05) is 12.1 Å². The minimum atomic E-state index is -3.85. The van der Waals surface area contributed by atoms with Crippen LogP contribution in [0.25, 0.3) is 0 Å². The van der Waals surface area contributed by atoms with Crippen LogP contribution >= 0.6 is 0 Å². The highest BCUT2D eigenvalue weighted by molar-refractivity contribution is 7.89. The number of amides is 1. The molecule has 0 spiro atoms. The van der Waals surface area contributed by atoms with Gasteiger partial charge in [-0.3, -0.25) is 9.69 Å². The zero-order valence-corrected chi connectivity index (χ0v) is 16.7. The van der Waals surface area contributed by atoms with E-state index in [-0.39, 0.29) is 10.8 Å². The van der Waals surface area contributed by atoms with Crippen molar-refractivity contribution in [3.63, 3.8) is 0 Å². The Bertz CT molecular complexity index is 936. The van der Waals surface area contributed by atoms with Crippen molar-refractivity contribution in [3.8, 4) is 0 Å². The molecule has 0 aromatic heterocycles. The predicted molar refractivity (Wildman–Crippen MR) is 106 cm³/mol. The summed E-state index contributed by atoms with van der Waals surface area (Å²) in [7, 11) is -3.85.